The molecule has 0 amide bonds. The molecule has 0 aliphatic rings. The summed E-state index contributed by atoms with van der Waals surface area (Å²) in [4.78, 5) is 0. The lowest BCUT2D eigenvalue weighted by Crippen LogP contribution is -2.23. The lowest BCUT2D eigenvalue weighted by molar-refractivity contribution is -0.143. The van der Waals surface area contributed by atoms with Gasteiger partial charge in [0.1, 0.15) is 0 Å². The average Bonchev–Trinajstić information content (AvgIpc) is 2.37. The number of hydrogen-bond donors (Lipinski definition) is 1. The van der Waals surface area contributed by atoms with Crippen LogP contribution < -0.4 is 5.32 Å². The van der Waals surface area contributed by atoms with Crippen LogP contribution in [0.1, 0.15) is 29.7 Å². The molecule has 0 aliphatic heterocycles. The first-order chi connectivity index (χ1) is 9.59. The fourth-order valence-electron chi connectivity index (χ4n) is 1.76. The Morgan fingerprint density at radius 1 is 1.00 bits per heavy atom. The van der Waals surface area contributed by atoms with E-state index in [1.807, 2.05) is 0 Å². The van der Waals surface area contributed by atoms with Gasteiger partial charge in [-0.1, -0.05) is 0 Å². The minimum Gasteiger partial charge on any atom is -0.380 e. The average molecular weight is 315 g/mol. The predicted octanol–water partition coefficient (Wildman–Crippen LogP) is 4.02. The van der Waals surface area contributed by atoms with Crippen LogP contribution in [0.3, 0.4) is 0 Å². The Labute approximate surface area is 118 Å². The molecule has 21 heavy (non-hydrogen) atoms. The van der Waals surface area contributed by atoms with Crippen molar-refractivity contribution in [1.29, 1.82) is 0 Å². The summed E-state index contributed by atoms with van der Waals surface area (Å²) < 4.78 is 81.5. The summed E-state index contributed by atoms with van der Waals surface area (Å²) in [5.74, 6) is 0. The Balaban J connectivity index is 3.30. The van der Waals surface area contributed by atoms with Gasteiger partial charge in [0.15, 0.2) is 0 Å². The maximum Gasteiger partial charge on any atom is 0.416 e. The van der Waals surface area contributed by atoms with E-state index >= 15 is 0 Å². The molecule has 1 atom stereocenters. The minimum absolute atomic E-state index is 0.0222. The van der Waals surface area contributed by atoms with Crippen LogP contribution in [0.15, 0.2) is 18.2 Å². The second-order valence-corrected chi connectivity index (χ2v) is 4.34. The quantitative estimate of drug-likeness (QED) is 0.829. The van der Waals surface area contributed by atoms with Crippen LogP contribution in [0.5, 0.6) is 0 Å². The summed E-state index contributed by atoms with van der Waals surface area (Å²) in [6.07, 6.45) is -9.69. The second kappa shape index (κ2) is 6.65. The summed E-state index contributed by atoms with van der Waals surface area (Å²) in [6, 6.07) is 0.759. The van der Waals surface area contributed by atoms with E-state index in [1.165, 1.54) is 7.05 Å². The molecule has 1 aromatic rings. The van der Waals surface area contributed by atoms with E-state index in [1.54, 1.807) is 6.92 Å². The highest BCUT2D eigenvalue weighted by molar-refractivity contribution is 5.35. The van der Waals surface area contributed by atoms with Crippen molar-refractivity contribution in [2.75, 3.05) is 20.3 Å². The van der Waals surface area contributed by atoms with Gasteiger partial charge >= 0.3 is 12.4 Å². The van der Waals surface area contributed by atoms with E-state index < -0.39 is 29.5 Å². The van der Waals surface area contributed by atoms with Crippen LogP contribution in [0.2, 0.25) is 0 Å². The van der Waals surface area contributed by atoms with E-state index in [2.05, 4.69) is 5.32 Å². The molecule has 0 aliphatic carbocycles. The van der Waals surface area contributed by atoms with Crippen molar-refractivity contribution in [2.45, 2.75) is 25.3 Å². The molecule has 0 saturated carbocycles. The monoisotopic (exact) mass is 315 g/mol. The highest BCUT2D eigenvalue weighted by Crippen LogP contribution is 2.37. The predicted molar refractivity (Wildman–Crippen MR) is 64.7 cm³/mol. The molecular weight excluding hydrogens is 300 g/mol. The zero-order valence-corrected chi connectivity index (χ0v) is 11.4. The second-order valence-electron chi connectivity index (χ2n) is 4.34. The Morgan fingerprint density at radius 2 is 1.48 bits per heavy atom. The van der Waals surface area contributed by atoms with Crippen molar-refractivity contribution in [2.24, 2.45) is 0 Å². The number of hydrogen-bond acceptors (Lipinski definition) is 2. The summed E-state index contributed by atoms with van der Waals surface area (Å²) >= 11 is 0. The number of alkyl halides is 6. The number of ether oxygens (including phenoxy) is 1. The molecular formula is C13H15F6NO. The maximum absolute atomic E-state index is 12.7. The van der Waals surface area contributed by atoms with Gasteiger partial charge in [0.25, 0.3) is 0 Å². The zero-order valence-electron chi connectivity index (χ0n) is 11.4. The van der Waals surface area contributed by atoms with Crippen LogP contribution in [0.25, 0.3) is 0 Å². The van der Waals surface area contributed by atoms with Crippen LogP contribution >= 0.6 is 0 Å². The van der Waals surface area contributed by atoms with Crippen molar-refractivity contribution >= 4 is 0 Å². The highest BCUT2D eigenvalue weighted by atomic mass is 19.4. The Kier molecular flexibility index (Phi) is 5.63. The summed E-state index contributed by atoms with van der Waals surface area (Å²) in [7, 11) is 1.44. The van der Waals surface area contributed by atoms with Gasteiger partial charge in [-0.15, -0.1) is 0 Å². The molecule has 0 saturated heterocycles. The first-order valence-corrected chi connectivity index (χ1v) is 6.14. The van der Waals surface area contributed by atoms with Gasteiger partial charge in [0.05, 0.1) is 23.8 Å². The molecule has 1 aromatic carbocycles. The van der Waals surface area contributed by atoms with E-state index in [0.717, 1.165) is 0 Å². The van der Waals surface area contributed by atoms with E-state index in [9.17, 15) is 26.3 Å². The van der Waals surface area contributed by atoms with Gasteiger partial charge in [0.2, 0.25) is 0 Å². The Morgan fingerprint density at radius 3 is 1.81 bits per heavy atom. The highest BCUT2D eigenvalue weighted by Gasteiger charge is 2.37. The summed E-state index contributed by atoms with van der Waals surface area (Å²) in [6.45, 7) is 1.97. The standard InChI is InChI=1S/C13H15F6NO/c1-3-21-7-11(20-2)8-4-9(12(14,15)16)6-10(5-8)13(17,18)19/h4-6,11,20H,3,7H2,1-2H3. The molecule has 0 radical (unpaired) electrons. The van der Waals surface area contributed by atoms with E-state index in [4.69, 9.17) is 4.74 Å². The first kappa shape index (κ1) is 17.8. The van der Waals surface area contributed by atoms with Gasteiger partial charge in [-0.05, 0) is 37.7 Å². The van der Waals surface area contributed by atoms with E-state index in [0.29, 0.717) is 18.7 Å². The fraction of sp³-hybridized carbons (Fsp3) is 0.538. The van der Waals surface area contributed by atoms with Crippen molar-refractivity contribution in [3.63, 3.8) is 0 Å². The molecule has 0 spiro atoms. The molecule has 120 valence electrons. The number of rotatable bonds is 5. The SMILES string of the molecule is CCOCC(NC)c1cc(C(F)(F)F)cc(C(F)(F)F)c1. The number of nitrogens with one attached hydrogen (secondary N) is 1. The smallest absolute Gasteiger partial charge is 0.380 e. The Bertz CT molecular complexity index is 436. The zero-order chi connectivity index (χ0) is 16.3. The number of halogens is 6. The van der Waals surface area contributed by atoms with Gasteiger partial charge in [-0.3, -0.25) is 0 Å². The van der Waals surface area contributed by atoms with Crippen LogP contribution in [-0.2, 0) is 17.1 Å². The van der Waals surface area contributed by atoms with Gasteiger partial charge < -0.3 is 10.1 Å². The molecule has 1 rings (SSSR count). The van der Waals surface area contributed by atoms with Crippen LogP contribution in [0.4, 0.5) is 26.3 Å². The van der Waals surface area contributed by atoms with Crippen molar-refractivity contribution in [3.05, 3.63) is 34.9 Å². The molecule has 2 nitrogen and oxygen atoms in total. The molecule has 0 heterocycles. The topological polar surface area (TPSA) is 21.3 Å². The molecule has 8 heteroatoms. The van der Waals surface area contributed by atoms with Crippen molar-refractivity contribution < 1.29 is 31.1 Å². The third-order valence-corrected chi connectivity index (χ3v) is 2.85. The molecule has 0 aromatic heterocycles. The number of benzene rings is 1. The Hall–Kier alpha value is -1.28. The molecule has 0 bridgehead atoms. The summed E-state index contributed by atoms with van der Waals surface area (Å²) in [5.41, 5.74) is -2.78. The van der Waals surface area contributed by atoms with Crippen LogP contribution in [-0.4, -0.2) is 20.3 Å². The lowest BCUT2D eigenvalue weighted by atomic mass is 10.00. The third kappa shape index (κ3) is 4.89. The van der Waals surface area contributed by atoms with E-state index in [-0.39, 0.29) is 18.2 Å². The summed E-state index contributed by atoms with van der Waals surface area (Å²) in [5, 5.41) is 2.65. The molecule has 0 fully saturated rings. The third-order valence-electron chi connectivity index (χ3n) is 2.85. The van der Waals surface area contributed by atoms with Crippen molar-refractivity contribution in [3.8, 4) is 0 Å². The molecule has 1 unspecified atom stereocenters. The first-order valence-electron chi connectivity index (χ1n) is 6.14. The largest absolute Gasteiger partial charge is 0.416 e. The van der Waals surface area contributed by atoms with Crippen molar-refractivity contribution in [1.82, 2.24) is 5.32 Å². The normalized spacial score (nSPS) is 14.3. The van der Waals surface area contributed by atoms with Gasteiger partial charge in [-0.2, -0.15) is 26.3 Å². The fourth-order valence-corrected chi connectivity index (χ4v) is 1.76. The number of likely N-dealkylation sites (N-methyl/N-ethyl adjacent to an activating group) is 1. The molecule has 1 N–H and O–H groups in total. The van der Waals surface area contributed by atoms with Gasteiger partial charge in [0, 0.05) is 6.61 Å². The van der Waals surface area contributed by atoms with Gasteiger partial charge in [-0.25, -0.2) is 0 Å². The van der Waals surface area contributed by atoms with Crippen LogP contribution in [0, 0.1) is 0 Å². The maximum atomic E-state index is 12.7. The lowest BCUT2D eigenvalue weighted by Gasteiger charge is -2.20. The minimum atomic E-state index is -4.85.